The summed E-state index contributed by atoms with van der Waals surface area (Å²) in [7, 11) is 0. The summed E-state index contributed by atoms with van der Waals surface area (Å²) >= 11 is 15.1. The van der Waals surface area contributed by atoms with E-state index in [4.69, 9.17) is 23.2 Å². The lowest BCUT2D eigenvalue weighted by Gasteiger charge is -1.99. The van der Waals surface area contributed by atoms with Crippen LogP contribution in [0.25, 0.3) is 6.08 Å². The molecule has 0 aliphatic carbocycles. The first kappa shape index (κ1) is 14.3. The number of rotatable bonds is 3. The van der Waals surface area contributed by atoms with E-state index in [2.05, 4.69) is 15.9 Å². The van der Waals surface area contributed by atoms with Crippen molar-refractivity contribution in [1.29, 1.82) is 0 Å². The molecule has 19 heavy (non-hydrogen) atoms. The molecule has 0 radical (unpaired) electrons. The van der Waals surface area contributed by atoms with E-state index in [0.29, 0.717) is 15.6 Å². The van der Waals surface area contributed by atoms with Gasteiger partial charge < -0.3 is 0 Å². The third-order valence-electron chi connectivity index (χ3n) is 2.48. The zero-order valence-corrected chi connectivity index (χ0v) is 12.8. The second kappa shape index (κ2) is 6.38. The van der Waals surface area contributed by atoms with Crippen molar-refractivity contribution in [3.8, 4) is 0 Å². The summed E-state index contributed by atoms with van der Waals surface area (Å²) in [6.45, 7) is 0. The van der Waals surface area contributed by atoms with Gasteiger partial charge >= 0.3 is 0 Å². The molecular weight excluding hydrogens is 347 g/mol. The van der Waals surface area contributed by atoms with Gasteiger partial charge in [0.15, 0.2) is 5.78 Å². The van der Waals surface area contributed by atoms with Crippen LogP contribution in [0, 0.1) is 0 Å². The minimum absolute atomic E-state index is 0.112. The van der Waals surface area contributed by atoms with Gasteiger partial charge in [0.2, 0.25) is 0 Å². The van der Waals surface area contributed by atoms with Gasteiger partial charge in [0, 0.05) is 10.0 Å². The summed E-state index contributed by atoms with van der Waals surface area (Å²) in [5.74, 6) is -0.112. The molecule has 0 bridgehead atoms. The first-order valence-electron chi connectivity index (χ1n) is 5.49. The fraction of sp³-hybridized carbons (Fsp3) is 0. The third-order valence-corrected chi connectivity index (χ3v) is 3.71. The Kier molecular flexibility index (Phi) is 4.81. The SMILES string of the molecule is O=C(C=Cc1cccc(Br)c1)c1ccc(Cl)c(Cl)c1. The number of benzene rings is 2. The maximum atomic E-state index is 12.0. The third kappa shape index (κ3) is 3.93. The van der Waals surface area contributed by atoms with Crippen molar-refractivity contribution in [2.24, 2.45) is 0 Å². The lowest BCUT2D eigenvalue weighted by Crippen LogP contribution is -1.93. The molecule has 2 aromatic carbocycles. The summed E-state index contributed by atoms with van der Waals surface area (Å²) in [5, 5.41) is 0.817. The molecule has 0 unspecified atom stereocenters. The van der Waals surface area contributed by atoms with Crippen LogP contribution >= 0.6 is 39.1 Å². The highest BCUT2D eigenvalue weighted by Crippen LogP contribution is 2.23. The molecule has 0 aliphatic heterocycles. The molecule has 0 N–H and O–H groups in total. The van der Waals surface area contributed by atoms with Crippen molar-refractivity contribution in [2.45, 2.75) is 0 Å². The highest BCUT2D eigenvalue weighted by atomic mass is 79.9. The van der Waals surface area contributed by atoms with Crippen molar-refractivity contribution in [3.05, 3.63) is 74.2 Å². The smallest absolute Gasteiger partial charge is 0.185 e. The number of hydrogen-bond donors (Lipinski definition) is 0. The number of ketones is 1. The maximum absolute atomic E-state index is 12.0. The Morgan fingerprint density at radius 3 is 2.53 bits per heavy atom. The maximum Gasteiger partial charge on any atom is 0.185 e. The molecule has 0 amide bonds. The van der Waals surface area contributed by atoms with Gasteiger partial charge in [-0.15, -0.1) is 0 Å². The Morgan fingerprint density at radius 2 is 1.84 bits per heavy atom. The van der Waals surface area contributed by atoms with Gasteiger partial charge in [-0.1, -0.05) is 57.3 Å². The second-order valence-corrected chi connectivity index (χ2v) is 5.61. The molecule has 1 nitrogen and oxygen atoms in total. The number of halogens is 3. The largest absolute Gasteiger partial charge is 0.289 e. The average Bonchev–Trinajstić information content (AvgIpc) is 2.39. The van der Waals surface area contributed by atoms with Crippen molar-refractivity contribution < 1.29 is 4.79 Å². The minimum Gasteiger partial charge on any atom is -0.289 e. The molecule has 0 fully saturated rings. The molecule has 0 aliphatic rings. The van der Waals surface area contributed by atoms with Gasteiger partial charge in [0.05, 0.1) is 10.0 Å². The van der Waals surface area contributed by atoms with Crippen LogP contribution in [0.5, 0.6) is 0 Å². The zero-order valence-electron chi connectivity index (χ0n) is 9.74. The van der Waals surface area contributed by atoms with Gasteiger partial charge in [-0.05, 0) is 42.0 Å². The Morgan fingerprint density at radius 1 is 1.05 bits per heavy atom. The minimum atomic E-state index is -0.112. The van der Waals surface area contributed by atoms with Gasteiger partial charge in [0.25, 0.3) is 0 Å². The van der Waals surface area contributed by atoms with Crippen LogP contribution in [-0.2, 0) is 0 Å². The molecule has 0 aromatic heterocycles. The molecule has 0 atom stereocenters. The van der Waals surface area contributed by atoms with Crippen LogP contribution in [-0.4, -0.2) is 5.78 Å². The summed E-state index contributed by atoms with van der Waals surface area (Å²) in [6.07, 6.45) is 3.27. The summed E-state index contributed by atoms with van der Waals surface area (Å²) in [5.41, 5.74) is 1.46. The van der Waals surface area contributed by atoms with Crippen molar-refractivity contribution in [1.82, 2.24) is 0 Å². The van der Waals surface area contributed by atoms with E-state index in [9.17, 15) is 4.79 Å². The topological polar surface area (TPSA) is 17.1 Å². The van der Waals surface area contributed by atoms with E-state index in [-0.39, 0.29) is 5.78 Å². The molecule has 96 valence electrons. The molecule has 0 saturated heterocycles. The second-order valence-electron chi connectivity index (χ2n) is 3.88. The van der Waals surface area contributed by atoms with Gasteiger partial charge in [-0.3, -0.25) is 4.79 Å². The molecule has 0 saturated carbocycles. The van der Waals surface area contributed by atoms with E-state index >= 15 is 0 Å². The molecule has 4 heteroatoms. The van der Waals surface area contributed by atoms with Crippen LogP contribution in [0.2, 0.25) is 10.0 Å². The molecule has 2 aromatic rings. The summed E-state index contributed by atoms with van der Waals surface area (Å²) in [4.78, 5) is 12.0. The molecule has 2 rings (SSSR count). The van der Waals surface area contributed by atoms with E-state index in [1.54, 1.807) is 24.3 Å². The average molecular weight is 356 g/mol. The van der Waals surface area contributed by atoms with E-state index in [1.807, 2.05) is 24.3 Å². The number of carbonyl (C=O) groups excluding carboxylic acids is 1. The molecule has 0 spiro atoms. The van der Waals surface area contributed by atoms with Gasteiger partial charge in [-0.2, -0.15) is 0 Å². The highest BCUT2D eigenvalue weighted by Gasteiger charge is 2.05. The van der Waals surface area contributed by atoms with Crippen LogP contribution in [0.4, 0.5) is 0 Å². The fourth-order valence-electron chi connectivity index (χ4n) is 1.53. The molecule has 0 heterocycles. The standard InChI is InChI=1S/C15H9BrCl2O/c16-12-3-1-2-10(8-12)4-7-15(19)11-5-6-13(17)14(18)9-11/h1-9H. The monoisotopic (exact) mass is 354 g/mol. The van der Waals surface area contributed by atoms with Gasteiger partial charge in [0.1, 0.15) is 0 Å². The fourth-order valence-corrected chi connectivity index (χ4v) is 2.24. The Balaban J connectivity index is 2.19. The van der Waals surface area contributed by atoms with Crippen molar-refractivity contribution in [3.63, 3.8) is 0 Å². The molecular formula is C15H9BrCl2O. The highest BCUT2D eigenvalue weighted by molar-refractivity contribution is 9.10. The number of carbonyl (C=O) groups is 1. The van der Waals surface area contributed by atoms with Crippen molar-refractivity contribution in [2.75, 3.05) is 0 Å². The quantitative estimate of drug-likeness (QED) is 0.513. The van der Waals surface area contributed by atoms with Crippen LogP contribution in [0.1, 0.15) is 15.9 Å². The normalized spacial score (nSPS) is 10.9. The first-order chi connectivity index (χ1) is 9.06. The number of hydrogen-bond acceptors (Lipinski definition) is 1. The Hall–Kier alpha value is -1.09. The number of allylic oxidation sites excluding steroid dienone is 1. The Bertz CT molecular complexity index is 650. The predicted octanol–water partition coefficient (Wildman–Crippen LogP) is 5.65. The predicted molar refractivity (Wildman–Crippen MR) is 84.0 cm³/mol. The van der Waals surface area contributed by atoms with Crippen LogP contribution < -0.4 is 0 Å². The van der Waals surface area contributed by atoms with Crippen LogP contribution in [0.3, 0.4) is 0 Å². The van der Waals surface area contributed by atoms with E-state index in [0.717, 1.165) is 10.0 Å². The zero-order chi connectivity index (χ0) is 13.8. The van der Waals surface area contributed by atoms with E-state index < -0.39 is 0 Å². The van der Waals surface area contributed by atoms with Crippen molar-refractivity contribution >= 4 is 51.0 Å². The van der Waals surface area contributed by atoms with E-state index in [1.165, 1.54) is 6.08 Å². The lowest BCUT2D eigenvalue weighted by atomic mass is 10.1. The van der Waals surface area contributed by atoms with Crippen LogP contribution in [0.15, 0.2) is 53.0 Å². The summed E-state index contributed by atoms with van der Waals surface area (Å²) in [6, 6.07) is 12.5. The Labute approximate surface area is 130 Å². The first-order valence-corrected chi connectivity index (χ1v) is 7.04. The summed E-state index contributed by atoms with van der Waals surface area (Å²) < 4.78 is 0.969. The van der Waals surface area contributed by atoms with Gasteiger partial charge in [-0.25, -0.2) is 0 Å². The lowest BCUT2D eigenvalue weighted by molar-refractivity contribution is 0.104.